The standard InChI is InChI=1S/C13H19NO2S/c1-10-4-3-5-12(8-10)17(15,16)13-7-6-11(9-13)14-2/h3-5,8,11,13-14H,6-7,9H2,1-2H3. The molecule has 0 heterocycles. The molecule has 1 aliphatic rings. The van der Waals surface area contributed by atoms with E-state index >= 15 is 0 Å². The van der Waals surface area contributed by atoms with Crippen LogP contribution >= 0.6 is 0 Å². The average Bonchev–Trinajstić information content (AvgIpc) is 2.78. The predicted octanol–water partition coefficient (Wildman–Crippen LogP) is 1.91. The molecule has 1 fully saturated rings. The number of hydrogen-bond donors (Lipinski definition) is 1. The van der Waals surface area contributed by atoms with Gasteiger partial charge in [-0.2, -0.15) is 0 Å². The molecule has 2 unspecified atom stereocenters. The third-order valence-electron chi connectivity index (χ3n) is 3.55. The Hall–Kier alpha value is -0.870. The van der Waals surface area contributed by atoms with Crippen LogP contribution in [0.2, 0.25) is 0 Å². The van der Waals surface area contributed by atoms with Crippen molar-refractivity contribution in [2.45, 2.75) is 42.4 Å². The molecule has 0 amide bonds. The first-order valence-electron chi connectivity index (χ1n) is 6.02. The van der Waals surface area contributed by atoms with E-state index in [9.17, 15) is 8.42 Å². The quantitative estimate of drug-likeness (QED) is 0.895. The highest BCUT2D eigenvalue weighted by molar-refractivity contribution is 7.92. The van der Waals surface area contributed by atoms with Gasteiger partial charge in [-0.05, 0) is 50.9 Å². The number of aryl methyl sites for hydroxylation is 1. The summed E-state index contributed by atoms with van der Waals surface area (Å²) in [6.45, 7) is 1.92. The summed E-state index contributed by atoms with van der Waals surface area (Å²) in [4.78, 5) is 0.472. The number of rotatable bonds is 3. The largest absolute Gasteiger partial charge is 0.317 e. The van der Waals surface area contributed by atoms with Crippen molar-refractivity contribution in [3.05, 3.63) is 29.8 Å². The summed E-state index contributed by atoms with van der Waals surface area (Å²) in [6.07, 6.45) is 2.45. The lowest BCUT2D eigenvalue weighted by molar-refractivity contribution is 0.564. The first-order chi connectivity index (χ1) is 8.04. The van der Waals surface area contributed by atoms with Crippen LogP contribution in [0, 0.1) is 6.92 Å². The van der Waals surface area contributed by atoms with Crippen molar-refractivity contribution in [2.24, 2.45) is 0 Å². The summed E-state index contributed by atoms with van der Waals surface area (Å²) in [7, 11) is -1.25. The van der Waals surface area contributed by atoms with Crippen molar-refractivity contribution < 1.29 is 8.42 Å². The second-order valence-corrected chi connectivity index (χ2v) is 7.01. The fraction of sp³-hybridized carbons (Fsp3) is 0.538. The Bertz CT molecular complexity index is 496. The molecule has 0 bridgehead atoms. The topological polar surface area (TPSA) is 46.2 Å². The molecule has 2 atom stereocenters. The maximum absolute atomic E-state index is 12.4. The van der Waals surface area contributed by atoms with Gasteiger partial charge in [-0.1, -0.05) is 12.1 Å². The summed E-state index contributed by atoms with van der Waals surface area (Å²) in [5.74, 6) is 0. The SMILES string of the molecule is CNC1CCC(S(=O)(=O)c2cccc(C)c2)C1. The normalized spacial score (nSPS) is 25.1. The molecule has 94 valence electrons. The van der Waals surface area contributed by atoms with Gasteiger partial charge in [0.15, 0.2) is 9.84 Å². The Morgan fingerprint density at radius 1 is 1.29 bits per heavy atom. The van der Waals surface area contributed by atoms with E-state index in [-0.39, 0.29) is 5.25 Å². The monoisotopic (exact) mass is 253 g/mol. The summed E-state index contributed by atoms with van der Waals surface area (Å²) in [6, 6.07) is 7.55. The van der Waals surface area contributed by atoms with Gasteiger partial charge in [0, 0.05) is 6.04 Å². The lowest BCUT2D eigenvalue weighted by Gasteiger charge is -2.12. The summed E-state index contributed by atoms with van der Waals surface area (Å²) in [5, 5.41) is 2.94. The van der Waals surface area contributed by atoms with Crippen LogP contribution in [0.1, 0.15) is 24.8 Å². The summed E-state index contributed by atoms with van der Waals surface area (Å²) in [5.41, 5.74) is 0.995. The van der Waals surface area contributed by atoms with Gasteiger partial charge in [-0.15, -0.1) is 0 Å². The third kappa shape index (κ3) is 2.53. The zero-order valence-corrected chi connectivity index (χ0v) is 11.1. The Morgan fingerprint density at radius 2 is 2.06 bits per heavy atom. The van der Waals surface area contributed by atoms with Gasteiger partial charge in [0.2, 0.25) is 0 Å². The highest BCUT2D eigenvalue weighted by Gasteiger charge is 2.34. The molecule has 0 aliphatic heterocycles. The minimum absolute atomic E-state index is 0.221. The van der Waals surface area contributed by atoms with Crippen LogP contribution in [0.25, 0.3) is 0 Å². The molecule has 0 radical (unpaired) electrons. The number of benzene rings is 1. The van der Waals surface area contributed by atoms with E-state index in [4.69, 9.17) is 0 Å². The fourth-order valence-corrected chi connectivity index (χ4v) is 4.40. The second-order valence-electron chi connectivity index (χ2n) is 4.78. The van der Waals surface area contributed by atoms with Gasteiger partial charge in [-0.25, -0.2) is 8.42 Å². The van der Waals surface area contributed by atoms with Gasteiger partial charge in [0.25, 0.3) is 0 Å². The molecule has 0 saturated heterocycles. The number of hydrogen-bond acceptors (Lipinski definition) is 3. The van der Waals surface area contributed by atoms with E-state index in [0.29, 0.717) is 10.9 Å². The van der Waals surface area contributed by atoms with Crippen molar-refractivity contribution in [3.8, 4) is 0 Å². The highest BCUT2D eigenvalue weighted by atomic mass is 32.2. The molecular weight excluding hydrogens is 234 g/mol. The molecule has 4 heteroatoms. The Morgan fingerprint density at radius 3 is 2.65 bits per heavy atom. The zero-order chi connectivity index (χ0) is 12.5. The summed E-state index contributed by atoms with van der Waals surface area (Å²) < 4.78 is 24.8. The lowest BCUT2D eigenvalue weighted by atomic mass is 10.2. The van der Waals surface area contributed by atoms with Crippen LogP contribution in [-0.4, -0.2) is 26.8 Å². The van der Waals surface area contributed by atoms with Gasteiger partial charge in [0.1, 0.15) is 0 Å². The molecule has 1 aromatic carbocycles. The maximum atomic E-state index is 12.4. The Labute approximate surface area is 103 Å². The van der Waals surface area contributed by atoms with Crippen LogP contribution in [0.3, 0.4) is 0 Å². The first-order valence-corrected chi connectivity index (χ1v) is 7.56. The lowest BCUT2D eigenvalue weighted by Crippen LogP contribution is -2.25. The van der Waals surface area contributed by atoms with Crippen molar-refractivity contribution >= 4 is 9.84 Å². The van der Waals surface area contributed by atoms with E-state index in [2.05, 4.69) is 5.32 Å². The van der Waals surface area contributed by atoms with E-state index in [1.54, 1.807) is 12.1 Å². The summed E-state index contributed by atoms with van der Waals surface area (Å²) >= 11 is 0. The van der Waals surface area contributed by atoms with Gasteiger partial charge < -0.3 is 5.32 Å². The van der Waals surface area contributed by atoms with Crippen LogP contribution in [0.4, 0.5) is 0 Å². The molecule has 1 saturated carbocycles. The molecular formula is C13H19NO2S. The van der Waals surface area contributed by atoms with E-state index in [1.807, 2.05) is 26.1 Å². The Kier molecular flexibility index (Phi) is 3.54. The molecule has 17 heavy (non-hydrogen) atoms. The smallest absolute Gasteiger partial charge is 0.181 e. The predicted molar refractivity (Wildman–Crippen MR) is 68.9 cm³/mol. The van der Waals surface area contributed by atoms with E-state index in [0.717, 1.165) is 24.8 Å². The number of sulfone groups is 1. The maximum Gasteiger partial charge on any atom is 0.181 e. The van der Waals surface area contributed by atoms with Crippen LogP contribution in [-0.2, 0) is 9.84 Å². The highest BCUT2D eigenvalue weighted by Crippen LogP contribution is 2.30. The molecule has 1 aromatic rings. The number of nitrogens with one attached hydrogen (secondary N) is 1. The van der Waals surface area contributed by atoms with Gasteiger partial charge in [-0.3, -0.25) is 0 Å². The van der Waals surface area contributed by atoms with Crippen LogP contribution < -0.4 is 5.32 Å². The molecule has 0 aromatic heterocycles. The third-order valence-corrected chi connectivity index (χ3v) is 5.77. The molecule has 1 N–H and O–H groups in total. The van der Waals surface area contributed by atoms with Crippen LogP contribution in [0.5, 0.6) is 0 Å². The minimum Gasteiger partial charge on any atom is -0.317 e. The minimum atomic E-state index is -3.14. The van der Waals surface area contributed by atoms with Crippen molar-refractivity contribution in [3.63, 3.8) is 0 Å². The van der Waals surface area contributed by atoms with E-state index in [1.165, 1.54) is 0 Å². The molecule has 2 rings (SSSR count). The van der Waals surface area contributed by atoms with Gasteiger partial charge in [0.05, 0.1) is 10.1 Å². The second kappa shape index (κ2) is 4.78. The van der Waals surface area contributed by atoms with Gasteiger partial charge >= 0.3 is 0 Å². The van der Waals surface area contributed by atoms with E-state index < -0.39 is 9.84 Å². The van der Waals surface area contributed by atoms with Crippen molar-refractivity contribution in [1.29, 1.82) is 0 Å². The molecule has 3 nitrogen and oxygen atoms in total. The fourth-order valence-electron chi connectivity index (χ4n) is 2.47. The zero-order valence-electron chi connectivity index (χ0n) is 10.3. The van der Waals surface area contributed by atoms with Crippen molar-refractivity contribution in [1.82, 2.24) is 5.32 Å². The van der Waals surface area contributed by atoms with Crippen molar-refractivity contribution in [2.75, 3.05) is 7.05 Å². The molecule has 1 aliphatic carbocycles. The average molecular weight is 253 g/mol. The Balaban J connectivity index is 2.25. The molecule has 0 spiro atoms. The first kappa shape index (κ1) is 12.6. The van der Waals surface area contributed by atoms with Crippen LogP contribution in [0.15, 0.2) is 29.2 Å².